The van der Waals surface area contributed by atoms with Gasteiger partial charge in [0.05, 0.1) is 40.8 Å². The fourth-order valence-corrected chi connectivity index (χ4v) is 5.15. The summed E-state index contributed by atoms with van der Waals surface area (Å²) in [6.07, 6.45) is 2.20. The van der Waals surface area contributed by atoms with Crippen molar-refractivity contribution in [2.75, 3.05) is 12.0 Å². The summed E-state index contributed by atoms with van der Waals surface area (Å²) in [7, 11) is 1.28. The van der Waals surface area contributed by atoms with E-state index < -0.39 is 29.5 Å². The first-order valence-electron chi connectivity index (χ1n) is 10.9. The van der Waals surface area contributed by atoms with Crippen LogP contribution in [0, 0.1) is 0 Å². The number of aliphatic hydroxyl groups is 1. The highest BCUT2D eigenvalue weighted by Crippen LogP contribution is 2.44. The van der Waals surface area contributed by atoms with Gasteiger partial charge in [-0.1, -0.05) is 36.5 Å². The number of nitrogens with zero attached hydrogens (tertiary/aromatic N) is 2. The summed E-state index contributed by atoms with van der Waals surface area (Å²) in [5, 5.41) is 11.2. The highest BCUT2D eigenvalue weighted by Gasteiger charge is 2.46. The SMILES string of the molecule is CCc1ccc2nc(N3C(=O)C(O)=C(C(=O)c4ccco4)C3c3ccc(C(=O)OC)cc3)sc2c1. The van der Waals surface area contributed by atoms with Crippen molar-refractivity contribution in [1.29, 1.82) is 0 Å². The van der Waals surface area contributed by atoms with Gasteiger partial charge in [0.1, 0.15) is 0 Å². The summed E-state index contributed by atoms with van der Waals surface area (Å²) >= 11 is 1.30. The van der Waals surface area contributed by atoms with E-state index in [1.807, 2.05) is 18.2 Å². The van der Waals surface area contributed by atoms with E-state index in [0.29, 0.717) is 21.8 Å². The lowest BCUT2D eigenvalue weighted by molar-refractivity contribution is -0.117. The van der Waals surface area contributed by atoms with E-state index in [1.165, 1.54) is 35.7 Å². The summed E-state index contributed by atoms with van der Waals surface area (Å²) in [5.74, 6) is -2.54. The summed E-state index contributed by atoms with van der Waals surface area (Å²) < 4.78 is 10.9. The van der Waals surface area contributed by atoms with Crippen molar-refractivity contribution < 1.29 is 28.6 Å². The highest BCUT2D eigenvalue weighted by atomic mass is 32.1. The molecule has 1 atom stereocenters. The number of aliphatic hydroxyl groups excluding tert-OH is 1. The van der Waals surface area contributed by atoms with Crippen LogP contribution in [0.4, 0.5) is 5.13 Å². The molecule has 1 N–H and O–H groups in total. The maximum atomic E-state index is 13.3. The monoisotopic (exact) mass is 488 g/mol. The van der Waals surface area contributed by atoms with Crippen LogP contribution in [0.15, 0.2) is 76.6 Å². The zero-order chi connectivity index (χ0) is 24.7. The van der Waals surface area contributed by atoms with Gasteiger partial charge in [-0.25, -0.2) is 9.78 Å². The quantitative estimate of drug-likeness (QED) is 0.300. The summed E-state index contributed by atoms with van der Waals surface area (Å²) in [4.78, 5) is 44.5. The lowest BCUT2D eigenvalue weighted by Gasteiger charge is -2.24. The maximum absolute atomic E-state index is 13.3. The Morgan fingerprint density at radius 2 is 1.94 bits per heavy atom. The number of hydrogen-bond acceptors (Lipinski definition) is 8. The number of carbonyl (C=O) groups is 3. The van der Waals surface area contributed by atoms with Gasteiger partial charge in [0, 0.05) is 0 Å². The van der Waals surface area contributed by atoms with Crippen molar-refractivity contribution in [3.05, 3.63) is 94.6 Å². The van der Waals surface area contributed by atoms with Gasteiger partial charge in [-0.2, -0.15) is 0 Å². The molecule has 3 heterocycles. The highest BCUT2D eigenvalue weighted by molar-refractivity contribution is 7.22. The third kappa shape index (κ3) is 3.79. The van der Waals surface area contributed by atoms with Crippen LogP contribution in [0.2, 0.25) is 0 Å². The van der Waals surface area contributed by atoms with Crippen molar-refractivity contribution in [3.63, 3.8) is 0 Å². The van der Waals surface area contributed by atoms with Crippen molar-refractivity contribution in [2.24, 2.45) is 0 Å². The molecule has 0 saturated carbocycles. The van der Waals surface area contributed by atoms with Crippen LogP contribution in [0.25, 0.3) is 10.2 Å². The van der Waals surface area contributed by atoms with E-state index in [-0.39, 0.29) is 11.3 Å². The first-order valence-corrected chi connectivity index (χ1v) is 11.7. The van der Waals surface area contributed by atoms with E-state index in [2.05, 4.69) is 11.9 Å². The van der Waals surface area contributed by atoms with Crippen LogP contribution in [0.1, 0.15) is 45.0 Å². The Kier molecular flexibility index (Phi) is 5.70. The number of benzene rings is 2. The summed E-state index contributed by atoms with van der Waals surface area (Å²) in [6, 6.07) is 14.2. The van der Waals surface area contributed by atoms with Gasteiger partial charge in [-0.05, 0) is 53.9 Å². The molecule has 0 spiro atoms. The summed E-state index contributed by atoms with van der Waals surface area (Å²) in [6.45, 7) is 2.05. The molecule has 0 bridgehead atoms. The standard InChI is InChI=1S/C26H20N2O6S/c1-3-14-6-11-17-19(13-14)35-26(27-17)28-21(15-7-9-16(10-8-15)25(32)33-2)20(23(30)24(28)31)22(29)18-5-4-12-34-18/h4-13,21,30H,3H2,1-2H3. The Morgan fingerprint density at radius 3 is 2.60 bits per heavy atom. The number of furan rings is 1. The molecule has 0 fully saturated rings. The average Bonchev–Trinajstić information content (AvgIpc) is 3.61. The van der Waals surface area contributed by atoms with Gasteiger partial charge >= 0.3 is 5.97 Å². The van der Waals surface area contributed by atoms with Crippen LogP contribution >= 0.6 is 11.3 Å². The van der Waals surface area contributed by atoms with Crippen LogP contribution in [0.3, 0.4) is 0 Å². The van der Waals surface area contributed by atoms with Gasteiger partial charge in [0.25, 0.3) is 5.91 Å². The van der Waals surface area contributed by atoms with Gasteiger partial charge < -0.3 is 14.3 Å². The minimum absolute atomic E-state index is 0.00531. The number of ketones is 1. The molecule has 1 unspecified atom stereocenters. The molecule has 2 aromatic heterocycles. The van der Waals surface area contributed by atoms with Crippen molar-refractivity contribution in [3.8, 4) is 0 Å². The molecule has 8 nitrogen and oxygen atoms in total. The molecule has 176 valence electrons. The van der Waals surface area contributed by atoms with E-state index in [0.717, 1.165) is 16.7 Å². The second-order valence-corrected chi connectivity index (χ2v) is 8.92. The molecule has 9 heteroatoms. The number of hydrogen-bond donors (Lipinski definition) is 1. The maximum Gasteiger partial charge on any atom is 0.337 e. The number of esters is 1. The van der Waals surface area contributed by atoms with Crippen molar-refractivity contribution >= 4 is 44.3 Å². The third-order valence-corrected chi connectivity index (χ3v) is 6.92. The smallest absolute Gasteiger partial charge is 0.337 e. The molecule has 2 aromatic carbocycles. The molecular weight excluding hydrogens is 468 g/mol. The second-order valence-electron chi connectivity index (χ2n) is 7.91. The Morgan fingerprint density at radius 1 is 1.17 bits per heavy atom. The Balaban J connectivity index is 1.65. The second kappa shape index (κ2) is 8.84. The van der Waals surface area contributed by atoms with Gasteiger partial charge in [-0.3, -0.25) is 14.5 Å². The third-order valence-electron chi connectivity index (χ3n) is 5.90. The topological polar surface area (TPSA) is 110 Å². The molecule has 4 aromatic rings. The molecule has 1 aliphatic heterocycles. The van der Waals surface area contributed by atoms with Gasteiger partial charge in [0.2, 0.25) is 5.78 Å². The molecule has 0 saturated heterocycles. The normalized spacial score (nSPS) is 15.8. The minimum Gasteiger partial charge on any atom is -0.503 e. The number of carbonyl (C=O) groups excluding carboxylic acids is 3. The van der Waals surface area contributed by atoms with Crippen LogP contribution < -0.4 is 4.90 Å². The van der Waals surface area contributed by atoms with Crippen LogP contribution in [0.5, 0.6) is 0 Å². The Hall–Kier alpha value is -4.24. The molecule has 35 heavy (non-hydrogen) atoms. The molecule has 5 rings (SSSR count). The summed E-state index contributed by atoms with van der Waals surface area (Å²) in [5.41, 5.74) is 2.54. The lowest BCUT2D eigenvalue weighted by atomic mass is 9.94. The first kappa shape index (κ1) is 22.5. The fraction of sp³-hybridized carbons (Fsp3) is 0.154. The number of Topliss-reactive ketones (excluding diaryl/α,β-unsaturated/α-hetero) is 1. The Bertz CT molecular complexity index is 1480. The molecule has 1 aliphatic rings. The zero-order valence-electron chi connectivity index (χ0n) is 18.8. The van der Waals surface area contributed by atoms with E-state index >= 15 is 0 Å². The predicted molar refractivity (Wildman–Crippen MR) is 130 cm³/mol. The molecular formula is C26H20N2O6S. The average molecular weight is 489 g/mol. The minimum atomic E-state index is -0.974. The number of amides is 1. The lowest BCUT2D eigenvalue weighted by Crippen LogP contribution is -2.31. The van der Waals surface area contributed by atoms with Gasteiger partial charge in [0.15, 0.2) is 16.7 Å². The van der Waals surface area contributed by atoms with E-state index in [9.17, 15) is 19.5 Å². The predicted octanol–water partition coefficient (Wildman–Crippen LogP) is 5.02. The Labute approximate surface area is 204 Å². The number of ether oxygens (including phenoxy) is 1. The molecule has 0 aliphatic carbocycles. The number of aryl methyl sites for hydroxylation is 1. The van der Waals surface area contributed by atoms with Crippen LogP contribution in [-0.2, 0) is 16.0 Å². The largest absolute Gasteiger partial charge is 0.503 e. The first-order chi connectivity index (χ1) is 16.9. The number of aromatic nitrogens is 1. The fourth-order valence-electron chi connectivity index (χ4n) is 4.09. The zero-order valence-corrected chi connectivity index (χ0v) is 19.7. The van der Waals surface area contributed by atoms with E-state index in [4.69, 9.17) is 9.15 Å². The van der Waals surface area contributed by atoms with Crippen LogP contribution in [-0.4, -0.2) is 34.9 Å². The molecule has 1 amide bonds. The molecule has 0 radical (unpaired) electrons. The number of methoxy groups -OCH3 is 1. The number of anilines is 1. The number of fused-ring (bicyclic) bond motifs is 1. The van der Waals surface area contributed by atoms with Crippen molar-refractivity contribution in [1.82, 2.24) is 4.98 Å². The van der Waals surface area contributed by atoms with Crippen molar-refractivity contribution in [2.45, 2.75) is 19.4 Å². The van der Waals surface area contributed by atoms with Gasteiger partial charge in [-0.15, -0.1) is 0 Å². The number of thiazole rings is 1. The number of rotatable bonds is 6. The van der Waals surface area contributed by atoms with E-state index in [1.54, 1.807) is 30.3 Å².